The molecule has 3 rings (SSSR count). The Bertz CT molecular complexity index is 1170. The molecule has 1 aliphatic carbocycles. The monoisotopic (exact) mass is 501 g/mol. The fourth-order valence-electron chi connectivity index (χ4n) is 3.83. The van der Waals surface area contributed by atoms with Gasteiger partial charge in [0.2, 0.25) is 0 Å². The van der Waals surface area contributed by atoms with Gasteiger partial charge in [-0.05, 0) is 54.8 Å². The molecule has 1 fully saturated rings. The molecule has 0 aromatic heterocycles. The quantitative estimate of drug-likeness (QED) is 0.388. The molecule has 0 radical (unpaired) electrons. The van der Waals surface area contributed by atoms with Crippen LogP contribution >= 0.6 is 0 Å². The van der Waals surface area contributed by atoms with Crippen molar-refractivity contribution < 1.29 is 32.2 Å². The Morgan fingerprint density at radius 3 is 2.53 bits per heavy atom. The number of nitrogens with one attached hydrogen (secondary N) is 2. The minimum atomic E-state index is -4.53. The van der Waals surface area contributed by atoms with Crippen LogP contribution in [0.15, 0.2) is 48.0 Å². The average Bonchev–Trinajstić information content (AvgIpc) is 2.86. The lowest BCUT2D eigenvalue weighted by molar-refractivity contribution is -0.137. The lowest BCUT2D eigenvalue weighted by Gasteiger charge is -2.22. The van der Waals surface area contributed by atoms with Crippen LogP contribution in [0.1, 0.15) is 43.2 Å². The lowest BCUT2D eigenvalue weighted by Crippen LogP contribution is -2.36. The van der Waals surface area contributed by atoms with E-state index in [0.29, 0.717) is 5.56 Å². The van der Waals surface area contributed by atoms with Crippen molar-refractivity contribution in [3.8, 4) is 17.6 Å². The summed E-state index contributed by atoms with van der Waals surface area (Å²) in [5.41, 5.74) is -0.420. The van der Waals surface area contributed by atoms with Crippen LogP contribution in [-0.4, -0.2) is 31.6 Å². The van der Waals surface area contributed by atoms with E-state index >= 15 is 0 Å². The van der Waals surface area contributed by atoms with E-state index in [9.17, 15) is 28.0 Å². The second-order valence-corrected chi connectivity index (χ2v) is 8.30. The predicted molar refractivity (Wildman–Crippen MR) is 127 cm³/mol. The molecule has 2 N–H and O–H groups in total. The molecule has 2 amide bonds. The SMILES string of the molecule is COc1cc(/C=C(\C#N)C(=O)NC2CCCCC2)ccc1OCC(=O)Nc1cccc(C(F)(F)F)c1. The normalized spacial score (nSPS) is 14.5. The van der Waals surface area contributed by atoms with Gasteiger partial charge in [-0.15, -0.1) is 0 Å². The van der Waals surface area contributed by atoms with Crippen molar-refractivity contribution >= 4 is 23.6 Å². The fourth-order valence-corrected chi connectivity index (χ4v) is 3.83. The maximum Gasteiger partial charge on any atom is 0.416 e. The van der Waals surface area contributed by atoms with E-state index < -0.39 is 30.2 Å². The summed E-state index contributed by atoms with van der Waals surface area (Å²) in [4.78, 5) is 24.7. The zero-order valence-corrected chi connectivity index (χ0v) is 19.7. The van der Waals surface area contributed by atoms with Gasteiger partial charge in [-0.2, -0.15) is 18.4 Å². The highest BCUT2D eigenvalue weighted by atomic mass is 19.4. The molecule has 7 nitrogen and oxygen atoms in total. The van der Waals surface area contributed by atoms with Gasteiger partial charge in [0, 0.05) is 11.7 Å². The summed E-state index contributed by atoms with van der Waals surface area (Å²) in [6.45, 7) is -0.477. The topological polar surface area (TPSA) is 100 Å². The van der Waals surface area contributed by atoms with E-state index in [-0.39, 0.29) is 28.8 Å². The zero-order chi connectivity index (χ0) is 26.1. The number of alkyl halides is 3. The first kappa shape index (κ1) is 26.6. The number of amides is 2. The molecule has 1 aliphatic rings. The number of carbonyl (C=O) groups excluding carboxylic acids is 2. The Labute approximate surface area is 206 Å². The molecular formula is C26H26F3N3O4. The van der Waals surface area contributed by atoms with Crippen molar-refractivity contribution in [3.05, 3.63) is 59.2 Å². The van der Waals surface area contributed by atoms with Gasteiger partial charge in [-0.25, -0.2) is 0 Å². The predicted octanol–water partition coefficient (Wildman–Crippen LogP) is 5.09. The molecule has 0 unspecified atom stereocenters. The Morgan fingerprint density at radius 2 is 1.86 bits per heavy atom. The van der Waals surface area contributed by atoms with E-state index in [1.54, 1.807) is 12.1 Å². The molecular weight excluding hydrogens is 475 g/mol. The van der Waals surface area contributed by atoms with Gasteiger partial charge >= 0.3 is 6.18 Å². The molecule has 2 aromatic carbocycles. The number of carbonyl (C=O) groups is 2. The third-order valence-electron chi connectivity index (χ3n) is 5.64. The maximum absolute atomic E-state index is 12.8. The fraction of sp³-hybridized carbons (Fsp3) is 0.346. The Kier molecular flexibility index (Phi) is 8.95. The van der Waals surface area contributed by atoms with Crippen LogP contribution in [0, 0.1) is 11.3 Å². The number of ether oxygens (including phenoxy) is 2. The lowest BCUT2D eigenvalue weighted by atomic mass is 9.95. The first-order valence-corrected chi connectivity index (χ1v) is 11.4. The summed E-state index contributed by atoms with van der Waals surface area (Å²) < 4.78 is 49.3. The van der Waals surface area contributed by atoms with Crippen molar-refractivity contribution in [1.82, 2.24) is 5.32 Å². The van der Waals surface area contributed by atoms with Crippen LogP contribution in [-0.2, 0) is 15.8 Å². The smallest absolute Gasteiger partial charge is 0.416 e. The Morgan fingerprint density at radius 1 is 1.11 bits per heavy atom. The summed E-state index contributed by atoms with van der Waals surface area (Å²) >= 11 is 0. The largest absolute Gasteiger partial charge is 0.493 e. The Hall–Kier alpha value is -4.00. The van der Waals surface area contributed by atoms with Crippen molar-refractivity contribution in [2.24, 2.45) is 0 Å². The van der Waals surface area contributed by atoms with Gasteiger partial charge in [-0.3, -0.25) is 9.59 Å². The third-order valence-corrected chi connectivity index (χ3v) is 5.64. The Balaban J connectivity index is 1.63. The van der Waals surface area contributed by atoms with Crippen molar-refractivity contribution in [3.63, 3.8) is 0 Å². The van der Waals surface area contributed by atoms with Crippen LogP contribution in [0.2, 0.25) is 0 Å². The van der Waals surface area contributed by atoms with Gasteiger partial charge in [0.1, 0.15) is 11.6 Å². The van der Waals surface area contributed by atoms with Gasteiger partial charge in [0.15, 0.2) is 18.1 Å². The molecule has 0 bridgehead atoms. The van der Waals surface area contributed by atoms with E-state index in [2.05, 4.69) is 10.6 Å². The molecule has 0 aliphatic heterocycles. The van der Waals surface area contributed by atoms with Crippen LogP contribution < -0.4 is 20.1 Å². The second kappa shape index (κ2) is 12.1. The summed E-state index contributed by atoms with van der Waals surface area (Å²) in [7, 11) is 1.39. The summed E-state index contributed by atoms with van der Waals surface area (Å²) in [6, 6.07) is 10.9. The standard InChI is InChI=1S/C26H26F3N3O4/c1-35-23-13-17(12-18(15-30)25(34)32-20-7-3-2-4-8-20)10-11-22(23)36-16-24(33)31-21-9-5-6-19(14-21)26(27,28)29/h5-6,9-14,20H,2-4,7-8,16H2,1H3,(H,31,33)(H,32,34)/b18-12+. The average molecular weight is 502 g/mol. The number of methoxy groups -OCH3 is 1. The van der Waals surface area contributed by atoms with Crippen LogP contribution in [0.25, 0.3) is 6.08 Å². The minimum Gasteiger partial charge on any atom is -0.493 e. The molecule has 0 atom stereocenters. The molecule has 190 valence electrons. The van der Waals surface area contributed by atoms with Crippen LogP contribution in [0.4, 0.5) is 18.9 Å². The molecule has 36 heavy (non-hydrogen) atoms. The number of hydrogen-bond acceptors (Lipinski definition) is 5. The van der Waals surface area contributed by atoms with Crippen LogP contribution in [0.3, 0.4) is 0 Å². The van der Waals surface area contributed by atoms with Crippen LogP contribution in [0.5, 0.6) is 11.5 Å². The van der Waals surface area contributed by atoms with E-state index in [0.717, 1.165) is 44.2 Å². The van der Waals surface area contributed by atoms with Gasteiger partial charge in [-0.1, -0.05) is 31.4 Å². The van der Waals surface area contributed by atoms with Gasteiger partial charge in [0.05, 0.1) is 12.7 Å². The molecule has 2 aromatic rings. The number of anilines is 1. The summed E-state index contributed by atoms with van der Waals surface area (Å²) in [5.74, 6) is -0.638. The maximum atomic E-state index is 12.8. The molecule has 1 saturated carbocycles. The summed E-state index contributed by atoms with van der Waals surface area (Å²) in [5, 5.41) is 14.7. The highest BCUT2D eigenvalue weighted by molar-refractivity contribution is 6.01. The molecule has 0 heterocycles. The minimum absolute atomic E-state index is 0.0126. The number of halogens is 3. The van der Waals surface area contributed by atoms with E-state index in [1.807, 2.05) is 6.07 Å². The summed E-state index contributed by atoms with van der Waals surface area (Å²) in [6.07, 6.45) is 1.94. The first-order chi connectivity index (χ1) is 17.2. The number of nitrogens with zero attached hydrogens (tertiary/aromatic N) is 1. The molecule has 0 spiro atoms. The van der Waals surface area contributed by atoms with E-state index in [1.165, 1.54) is 31.4 Å². The zero-order valence-electron chi connectivity index (χ0n) is 19.7. The number of nitriles is 1. The molecule has 10 heteroatoms. The molecule has 0 saturated heterocycles. The number of benzene rings is 2. The highest BCUT2D eigenvalue weighted by Gasteiger charge is 2.30. The van der Waals surface area contributed by atoms with Gasteiger partial charge < -0.3 is 20.1 Å². The van der Waals surface area contributed by atoms with Crippen molar-refractivity contribution in [2.75, 3.05) is 19.0 Å². The first-order valence-electron chi connectivity index (χ1n) is 11.4. The number of rotatable bonds is 8. The van der Waals surface area contributed by atoms with Crippen molar-refractivity contribution in [2.45, 2.75) is 44.3 Å². The third kappa shape index (κ3) is 7.50. The highest BCUT2D eigenvalue weighted by Crippen LogP contribution is 2.31. The second-order valence-electron chi connectivity index (χ2n) is 8.30. The van der Waals surface area contributed by atoms with Gasteiger partial charge in [0.25, 0.3) is 11.8 Å². The number of hydrogen-bond donors (Lipinski definition) is 2. The van der Waals surface area contributed by atoms with Crippen molar-refractivity contribution in [1.29, 1.82) is 5.26 Å². The van der Waals surface area contributed by atoms with E-state index in [4.69, 9.17) is 9.47 Å².